The van der Waals surface area contributed by atoms with Crippen molar-refractivity contribution in [2.75, 3.05) is 24.7 Å². The first-order chi connectivity index (χ1) is 15.1. The summed E-state index contributed by atoms with van der Waals surface area (Å²) >= 11 is 1.62. The van der Waals surface area contributed by atoms with E-state index in [9.17, 15) is 4.79 Å². The Labute approximate surface area is 188 Å². The van der Waals surface area contributed by atoms with Crippen molar-refractivity contribution in [1.29, 1.82) is 0 Å². The molecule has 1 unspecified atom stereocenters. The molecule has 0 spiro atoms. The van der Waals surface area contributed by atoms with E-state index in [1.165, 1.54) is 5.56 Å². The first-order valence-corrected chi connectivity index (χ1v) is 11.9. The Bertz CT molecular complexity index is 1070. The molecule has 1 N–H and O–H groups in total. The molecule has 160 valence electrons. The summed E-state index contributed by atoms with van der Waals surface area (Å²) in [6.45, 7) is 5.53. The van der Waals surface area contributed by atoms with E-state index in [4.69, 9.17) is 0 Å². The van der Waals surface area contributed by atoms with Crippen LogP contribution in [0, 0.1) is 13.8 Å². The normalized spacial score (nSPS) is 16.2. The predicted molar refractivity (Wildman–Crippen MR) is 128 cm³/mol. The molecule has 31 heavy (non-hydrogen) atoms. The standard InChI is InChI=1S/C25H28N4OS/c1-17-8-4-5-11-21(17)22-12-6-9-18(2)23(22)24(30)29-13-7-10-19(16-29)28-25-26-14-20(31-3)15-27-25/h4-6,8-9,11-12,14-15,19H,7,10,13,16H2,1-3H3,(H,26,27,28). The molecule has 1 aliphatic rings. The highest BCUT2D eigenvalue weighted by atomic mass is 32.2. The minimum atomic E-state index is 0.0986. The van der Waals surface area contributed by atoms with Crippen LogP contribution < -0.4 is 5.32 Å². The van der Waals surface area contributed by atoms with Crippen LogP contribution in [0.25, 0.3) is 11.1 Å². The minimum Gasteiger partial charge on any atom is -0.350 e. The number of rotatable bonds is 5. The zero-order chi connectivity index (χ0) is 21.8. The van der Waals surface area contributed by atoms with Gasteiger partial charge in [-0.05, 0) is 55.2 Å². The van der Waals surface area contributed by atoms with Crippen molar-refractivity contribution in [3.8, 4) is 11.1 Å². The molecular weight excluding hydrogens is 404 g/mol. The maximum absolute atomic E-state index is 13.7. The summed E-state index contributed by atoms with van der Waals surface area (Å²) < 4.78 is 0. The highest BCUT2D eigenvalue weighted by molar-refractivity contribution is 7.98. The number of hydrogen-bond donors (Lipinski definition) is 1. The van der Waals surface area contributed by atoms with Gasteiger partial charge in [0, 0.05) is 36.4 Å². The van der Waals surface area contributed by atoms with Crippen molar-refractivity contribution in [3.05, 3.63) is 71.5 Å². The van der Waals surface area contributed by atoms with Crippen molar-refractivity contribution in [1.82, 2.24) is 14.9 Å². The number of carbonyl (C=O) groups excluding carboxylic acids is 1. The molecule has 6 heteroatoms. The first-order valence-electron chi connectivity index (χ1n) is 10.6. The van der Waals surface area contributed by atoms with E-state index in [0.717, 1.165) is 46.5 Å². The average molecular weight is 433 g/mol. The van der Waals surface area contributed by atoms with Crippen molar-refractivity contribution in [2.24, 2.45) is 0 Å². The number of aryl methyl sites for hydroxylation is 2. The number of thioether (sulfide) groups is 1. The third kappa shape index (κ3) is 4.74. The second-order valence-electron chi connectivity index (χ2n) is 7.99. The Kier molecular flexibility index (Phi) is 6.56. The molecule has 1 aromatic heterocycles. The van der Waals surface area contributed by atoms with E-state index in [-0.39, 0.29) is 11.9 Å². The highest BCUT2D eigenvalue weighted by Crippen LogP contribution is 2.30. The number of nitrogens with zero attached hydrogens (tertiary/aromatic N) is 3. The van der Waals surface area contributed by atoms with Crippen LogP contribution in [0.15, 0.2) is 59.8 Å². The van der Waals surface area contributed by atoms with Crippen molar-refractivity contribution >= 4 is 23.6 Å². The molecule has 1 aliphatic heterocycles. The number of benzene rings is 2. The first kappa shape index (κ1) is 21.4. The number of hydrogen-bond acceptors (Lipinski definition) is 5. The molecule has 0 bridgehead atoms. The summed E-state index contributed by atoms with van der Waals surface area (Å²) in [5.74, 6) is 0.718. The summed E-state index contributed by atoms with van der Waals surface area (Å²) in [6.07, 6.45) is 7.61. The van der Waals surface area contributed by atoms with Crippen molar-refractivity contribution in [3.63, 3.8) is 0 Å². The smallest absolute Gasteiger partial charge is 0.254 e. The summed E-state index contributed by atoms with van der Waals surface area (Å²) in [5, 5.41) is 3.41. The number of nitrogens with one attached hydrogen (secondary N) is 1. The van der Waals surface area contributed by atoms with Crippen LogP contribution in [0.2, 0.25) is 0 Å². The second kappa shape index (κ2) is 9.52. The molecule has 3 aromatic rings. The fourth-order valence-corrected chi connectivity index (χ4v) is 4.48. The van der Waals surface area contributed by atoms with Gasteiger partial charge >= 0.3 is 0 Å². The fraction of sp³-hybridized carbons (Fsp3) is 0.320. The largest absolute Gasteiger partial charge is 0.350 e. The van der Waals surface area contributed by atoms with Gasteiger partial charge in [-0.15, -0.1) is 11.8 Å². The van der Waals surface area contributed by atoms with Crippen LogP contribution in [-0.4, -0.2) is 46.2 Å². The van der Waals surface area contributed by atoms with Gasteiger partial charge in [0.25, 0.3) is 5.91 Å². The van der Waals surface area contributed by atoms with Crippen LogP contribution in [-0.2, 0) is 0 Å². The summed E-state index contributed by atoms with van der Waals surface area (Å²) in [6, 6.07) is 14.5. The number of anilines is 1. The summed E-state index contributed by atoms with van der Waals surface area (Å²) in [5.41, 5.74) is 5.11. The minimum absolute atomic E-state index is 0.0986. The Morgan fingerprint density at radius 2 is 1.74 bits per heavy atom. The van der Waals surface area contributed by atoms with Gasteiger partial charge in [0.15, 0.2) is 0 Å². The van der Waals surface area contributed by atoms with E-state index in [0.29, 0.717) is 12.5 Å². The predicted octanol–water partition coefficient (Wildman–Crippen LogP) is 5.20. The van der Waals surface area contributed by atoms with Gasteiger partial charge in [-0.3, -0.25) is 4.79 Å². The number of piperidine rings is 1. The van der Waals surface area contributed by atoms with E-state index in [2.05, 4.69) is 40.4 Å². The van der Waals surface area contributed by atoms with Crippen LogP contribution in [0.3, 0.4) is 0 Å². The Balaban J connectivity index is 1.56. The molecule has 0 saturated carbocycles. The van der Waals surface area contributed by atoms with Crippen LogP contribution in [0.1, 0.15) is 34.3 Å². The number of likely N-dealkylation sites (tertiary alicyclic amines) is 1. The molecule has 1 atom stereocenters. The Morgan fingerprint density at radius 1 is 1.03 bits per heavy atom. The quantitative estimate of drug-likeness (QED) is 0.562. The maximum Gasteiger partial charge on any atom is 0.254 e. The number of carbonyl (C=O) groups is 1. The van der Waals surface area contributed by atoms with E-state index in [1.807, 2.05) is 54.7 Å². The zero-order valence-corrected chi connectivity index (χ0v) is 19.1. The molecule has 1 saturated heterocycles. The van der Waals surface area contributed by atoms with Gasteiger partial charge < -0.3 is 10.2 Å². The van der Waals surface area contributed by atoms with Crippen LogP contribution >= 0.6 is 11.8 Å². The molecule has 0 radical (unpaired) electrons. The van der Waals surface area contributed by atoms with Gasteiger partial charge in [0.2, 0.25) is 5.95 Å². The lowest BCUT2D eigenvalue weighted by Crippen LogP contribution is -2.45. The van der Waals surface area contributed by atoms with Gasteiger partial charge in [-0.1, -0.05) is 42.5 Å². The van der Waals surface area contributed by atoms with Crippen molar-refractivity contribution < 1.29 is 4.79 Å². The zero-order valence-electron chi connectivity index (χ0n) is 18.3. The monoisotopic (exact) mass is 432 g/mol. The number of aromatic nitrogens is 2. The summed E-state index contributed by atoms with van der Waals surface area (Å²) in [4.78, 5) is 25.5. The lowest BCUT2D eigenvalue weighted by Gasteiger charge is -2.34. The molecule has 2 aromatic carbocycles. The molecule has 1 fully saturated rings. The van der Waals surface area contributed by atoms with Crippen LogP contribution in [0.4, 0.5) is 5.95 Å². The number of amides is 1. The third-order valence-corrected chi connectivity index (χ3v) is 6.51. The van der Waals surface area contributed by atoms with Crippen LogP contribution in [0.5, 0.6) is 0 Å². The lowest BCUT2D eigenvalue weighted by atomic mass is 9.92. The molecule has 2 heterocycles. The molecular formula is C25H28N4OS. The van der Waals surface area contributed by atoms with Gasteiger partial charge in [-0.25, -0.2) is 9.97 Å². The van der Waals surface area contributed by atoms with E-state index in [1.54, 1.807) is 11.8 Å². The second-order valence-corrected chi connectivity index (χ2v) is 8.87. The Hall–Kier alpha value is -2.86. The maximum atomic E-state index is 13.7. The Morgan fingerprint density at radius 3 is 2.48 bits per heavy atom. The average Bonchev–Trinajstić information content (AvgIpc) is 2.79. The molecule has 1 amide bonds. The van der Waals surface area contributed by atoms with E-state index >= 15 is 0 Å². The summed E-state index contributed by atoms with van der Waals surface area (Å²) in [7, 11) is 0. The molecule has 4 rings (SSSR count). The third-order valence-electron chi connectivity index (χ3n) is 5.83. The highest BCUT2D eigenvalue weighted by Gasteiger charge is 2.27. The van der Waals surface area contributed by atoms with Gasteiger partial charge in [0.05, 0.1) is 5.56 Å². The fourth-order valence-electron chi connectivity index (χ4n) is 4.17. The van der Waals surface area contributed by atoms with Gasteiger partial charge in [0.1, 0.15) is 0 Å². The topological polar surface area (TPSA) is 58.1 Å². The van der Waals surface area contributed by atoms with Gasteiger partial charge in [-0.2, -0.15) is 0 Å². The van der Waals surface area contributed by atoms with E-state index < -0.39 is 0 Å². The lowest BCUT2D eigenvalue weighted by molar-refractivity contribution is 0.0714. The SMILES string of the molecule is CSc1cnc(NC2CCCN(C(=O)c3c(C)cccc3-c3ccccc3C)C2)nc1. The molecule has 0 aliphatic carbocycles. The molecule has 5 nitrogen and oxygen atoms in total. The van der Waals surface area contributed by atoms with Crippen molar-refractivity contribution in [2.45, 2.75) is 37.6 Å².